The number of likely N-dealkylation sites (tertiary alicyclic amines) is 1. The molecular weight excluding hydrogens is 420 g/mol. The molecule has 168 valence electrons. The van der Waals surface area contributed by atoms with Crippen LogP contribution in [0.4, 0.5) is 5.13 Å². The highest BCUT2D eigenvalue weighted by atomic mass is 32.1. The molecule has 0 saturated carbocycles. The molecule has 1 aromatic heterocycles. The van der Waals surface area contributed by atoms with Crippen molar-refractivity contribution in [1.29, 1.82) is 0 Å². The van der Waals surface area contributed by atoms with Crippen molar-refractivity contribution in [2.45, 2.75) is 31.8 Å². The van der Waals surface area contributed by atoms with Crippen LogP contribution in [0.5, 0.6) is 5.75 Å². The highest BCUT2D eigenvalue weighted by Gasteiger charge is 2.20. The highest BCUT2D eigenvalue weighted by Crippen LogP contribution is 2.22. The number of benzene rings is 2. The molecule has 0 atom stereocenters. The van der Waals surface area contributed by atoms with Crippen LogP contribution in [0.25, 0.3) is 0 Å². The number of nitrogens with one attached hydrogen (secondary N) is 2. The molecular formula is C25H30N4O2S. The second-order valence-electron chi connectivity index (χ2n) is 8.06. The lowest BCUT2D eigenvalue weighted by Crippen LogP contribution is -2.38. The molecule has 0 bridgehead atoms. The van der Waals surface area contributed by atoms with E-state index in [2.05, 4.69) is 50.8 Å². The van der Waals surface area contributed by atoms with Crippen LogP contribution >= 0.6 is 11.3 Å². The number of aromatic nitrogens is 1. The van der Waals surface area contributed by atoms with Gasteiger partial charge in [0.2, 0.25) is 0 Å². The zero-order valence-corrected chi connectivity index (χ0v) is 19.2. The first-order chi connectivity index (χ1) is 15.7. The number of ether oxygens (including phenoxy) is 1. The van der Waals surface area contributed by atoms with Gasteiger partial charge in [0.1, 0.15) is 10.6 Å². The maximum Gasteiger partial charge on any atom is 0.263 e. The summed E-state index contributed by atoms with van der Waals surface area (Å²) in [6.07, 6.45) is 4.60. The molecule has 7 heteroatoms. The fourth-order valence-corrected chi connectivity index (χ4v) is 4.71. The molecule has 0 radical (unpaired) electrons. The molecule has 2 N–H and O–H groups in total. The van der Waals surface area contributed by atoms with E-state index < -0.39 is 0 Å². The molecule has 2 aromatic carbocycles. The summed E-state index contributed by atoms with van der Waals surface area (Å²) in [5.74, 6) is 0.770. The van der Waals surface area contributed by atoms with Crippen molar-refractivity contribution in [2.24, 2.45) is 0 Å². The molecule has 2 heterocycles. The zero-order valence-electron chi connectivity index (χ0n) is 18.4. The number of rotatable bonds is 9. The normalized spacial score (nSPS) is 14.8. The first-order valence-electron chi connectivity index (χ1n) is 11.1. The Morgan fingerprint density at radius 1 is 1.09 bits per heavy atom. The molecule has 1 amide bonds. The summed E-state index contributed by atoms with van der Waals surface area (Å²) in [6, 6.07) is 18.9. The van der Waals surface area contributed by atoms with E-state index >= 15 is 0 Å². The Labute approximate surface area is 193 Å². The monoisotopic (exact) mass is 450 g/mol. The minimum absolute atomic E-state index is 0.0678. The average Bonchev–Trinajstić information content (AvgIpc) is 3.30. The maximum absolute atomic E-state index is 12.5. The molecule has 1 saturated heterocycles. The van der Waals surface area contributed by atoms with E-state index in [-0.39, 0.29) is 5.91 Å². The predicted molar refractivity (Wildman–Crippen MR) is 130 cm³/mol. The van der Waals surface area contributed by atoms with Crippen LogP contribution in [0.1, 0.15) is 33.6 Å². The molecule has 0 spiro atoms. The van der Waals surface area contributed by atoms with Gasteiger partial charge in [-0.05, 0) is 42.5 Å². The van der Waals surface area contributed by atoms with Crippen LogP contribution in [-0.4, -0.2) is 48.6 Å². The number of carbonyl (C=O) groups excluding carboxylic acids is 1. The number of anilines is 1. The molecule has 4 rings (SSSR count). The molecule has 1 aliphatic heterocycles. The Morgan fingerprint density at radius 3 is 2.56 bits per heavy atom. The van der Waals surface area contributed by atoms with Gasteiger partial charge < -0.3 is 15.4 Å². The lowest BCUT2D eigenvalue weighted by molar-refractivity contribution is 0.0958. The quantitative estimate of drug-likeness (QED) is 0.511. The fraction of sp³-hybridized carbons (Fsp3) is 0.360. The van der Waals surface area contributed by atoms with Crippen LogP contribution in [0.15, 0.2) is 60.8 Å². The standard InChI is InChI=1S/C25H30N4O2S/c1-31-22-9-7-19(8-10-22)11-14-26-24(30)23-17-27-25(32-23)28-21-12-15-29(16-13-21)18-20-5-3-2-4-6-20/h2-10,17,21H,11-16,18H2,1H3,(H,26,30)(H,27,28). The van der Waals surface area contributed by atoms with Gasteiger partial charge in [-0.15, -0.1) is 0 Å². The number of amides is 1. The van der Waals surface area contributed by atoms with Crippen molar-refractivity contribution in [3.63, 3.8) is 0 Å². The third kappa shape index (κ3) is 6.31. The second kappa shape index (κ2) is 11.1. The van der Waals surface area contributed by atoms with Crippen LogP contribution < -0.4 is 15.4 Å². The first-order valence-corrected chi connectivity index (χ1v) is 11.9. The van der Waals surface area contributed by atoms with Crippen molar-refractivity contribution in [1.82, 2.24) is 15.2 Å². The topological polar surface area (TPSA) is 66.5 Å². The number of thiazole rings is 1. The molecule has 0 unspecified atom stereocenters. The van der Waals surface area contributed by atoms with Gasteiger partial charge in [-0.3, -0.25) is 9.69 Å². The Kier molecular flexibility index (Phi) is 7.74. The van der Waals surface area contributed by atoms with Crippen molar-refractivity contribution in [3.8, 4) is 5.75 Å². The summed E-state index contributed by atoms with van der Waals surface area (Å²) in [7, 11) is 1.66. The fourth-order valence-electron chi connectivity index (χ4n) is 3.90. The Hall–Kier alpha value is -2.90. The van der Waals surface area contributed by atoms with Gasteiger partial charge in [0.25, 0.3) is 5.91 Å². The van der Waals surface area contributed by atoms with Gasteiger partial charge in [0.15, 0.2) is 5.13 Å². The minimum atomic E-state index is -0.0678. The van der Waals surface area contributed by atoms with Crippen molar-refractivity contribution < 1.29 is 9.53 Å². The zero-order chi connectivity index (χ0) is 22.2. The first kappa shape index (κ1) is 22.3. The Bertz CT molecular complexity index is 983. The van der Waals surface area contributed by atoms with Gasteiger partial charge in [-0.1, -0.05) is 53.8 Å². The van der Waals surface area contributed by atoms with Crippen LogP contribution in [-0.2, 0) is 13.0 Å². The van der Waals surface area contributed by atoms with Crippen LogP contribution in [0.3, 0.4) is 0 Å². The molecule has 0 aliphatic carbocycles. The molecule has 32 heavy (non-hydrogen) atoms. The van der Waals surface area contributed by atoms with Gasteiger partial charge in [-0.25, -0.2) is 4.98 Å². The smallest absolute Gasteiger partial charge is 0.263 e. The Morgan fingerprint density at radius 2 is 1.84 bits per heavy atom. The van der Waals surface area contributed by atoms with E-state index in [1.54, 1.807) is 13.3 Å². The molecule has 1 fully saturated rings. The number of hydrogen-bond acceptors (Lipinski definition) is 6. The summed E-state index contributed by atoms with van der Waals surface area (Å²) in [4.78, 5) is 20.0. The molecule has 1 aliphatic rings. The minimum Gasteiger partial charge on any atom is -0.497 e. The second-order valence-corrected chi connectivity index (χ2v) is 9.09. The lowest BCUT2D eigenvalue weighted by atomic mass is 10.0. The summed E-state index contributed by atoms with van der Waals surface area (Å²) in [5, 5.41) is 7.34. The van der Waals surface area contributed by atoms with Crippen molar-refractivity contribution >= 4 is 22.4 Å². The van der Waals surface area contributed by atoms with Crippen LogP contribution in [0, 0.1) is 0 Å². The number of carbonyl (C=O) groups is 1. The van der Waals surface area contributed by atoms with Gasteiger partial charge in [0, 0.05) is 32.2 Å². The summed E-state index contributed by atoms with van der Waals surface area (Å²) >= 11 is 1.42. The van der Waals surface area contributed by atoms with E-state index in [9.17, 15) is 4.79 Å². The summed E-state index contributed by atoms with van der Waals surface area (Å²) < 4.78 is 5.17. The van der Waals surface area contributed by atoms with Crippen molar-refractivity contribution in [3.05, 3.63) is 76.8 Å². The number of nitrogens with zero attached hydrogens (tertiary/aromatic N) is 2. The Balaban J connectivity index is 1.18. The summed E-state index contributed by atoms with van der Waals surface area (Å²) in [6.45, 7) is 3.73. The summed E-state index contributed by atoms with van der Waals surface area (Å²) in [5.41, 5.74) is 2.53. The van der Waals surface area contributed by atoms with E-state index in [4.69, 9.17) is 4.74 Å². The SMILES string of the molecule is COc1ccc(CCNC(=O)c2cnc(NC3CCN(Cc4ccccc4)CC3)s2)cc1. The third-order valence-corrected chi connectivity index (χ3v) is 6.68. The van der Waals surface area contributed by atoms with Gasteiger partial charge in [-0.2, -0.15) is 0 Å². The van der Waals surface area contributed by atoms with E-state index in [1.165, 1.54) is 16.9 Å². The highest BCUT2D eigenvalue weighted by molar-refractivity contribution is 7.17. The predicted octanol–water partition coefficient (Wildman–Crippen LogP) is 4.20. The van der Waals surface area contributed by atoms with E-state index in [1.807, 2.05) is 24.3 Å². The third-order valence-electron chi connectivity index (χ3n) is 5.75. The van der Waals surface area contributed by atoms with E-state index in [0.717, 1.165) is 55.3 Å². The lowest BCUT2D eigenvalue weighted by Gasteiger charge is -2.32. The van der Waals surface area contributed by atoms with Crippen molar-refractivity contribution in [2.75, 3.05) is 32.1 Å². The molecule has 3 aromatic rings. The number of methoxy groups -OCH3 is 1. The van der Waals surface area contributed by atoms with Gasteiger partial charge >= 0.3 is 0 Å². The van der Waals surface area contributed by atoms with Crippen LogP contribution in [0.2, 0.25) is 0 Å². The number of hydrogen-bond donors (Lipinski definition) is 2. The number of piperidine rings is 1. The molecule has 6 nitrogen and oxygen atoms in total. The average molecular weight is 451 g/mol. The largest absolute Gasteiger partial charge is 0.497 e. The maximum atomic E-state index is 12.5. The van der Waals surface area contributed by atoms with E-state index in [0.29, 0.717) is 17.5 Å². The van der Waals surface area contributed by atoms with Gasteiger partial charge in [0.05, 0.1) is 13.3 Å².